The molecule has 3 N–H and O–H groups in total. The highest BCUT2D eigenvalue weighted by atomic mass is 16.5. The number of allylic oxidation sites excluding steroid dienone is 2. The molecule has 2 unspecified atom stereocenters. The molecule has 0 aliphatic carbocycles. The number of hydrogen-bond acceptors (Lipinski definition) is 5. The van der Waals surface area contributed by atoms with Crippen molar-refractivity contribution < 1.29 is 24.5 Å². The summed E-state index contributed by atoms with van der Waals surface area (Å²) in [6.45, 7) is 4.95. The molecule has 0 aromatic rings. The fraction of sp³-hybridized carbons (Fsp3) is 0.934. The first-order valence-electron chi connectivity index (χ1n) is 30.4. The van der Waals surface area contributed by atoms with Crippen LogP contribution in [0.3, 0.4) is 0 Å². The van der Waals surface area contributed by atoms with Crippen LogP contribution in [0.5, 0.6) is 0 Å². The Labute approximate surface area is 419 Å². The average Bonchev–Trinajstić information content (AvgIpc) is 3.33. The highest BCUT2D eigenvalue weighted by molar-refractivity contribution is 5.76. The van der Waals surface area contributed by atoms with E-state index in [0.717, 1.165) is 51.4 Å². The molecule has 0 saturated heterocycles. The SMILES string of the molecule is CCCCCCCC/C=C\CCCCCCCCCCCC(=O)OCCCCCCCCCCCCCCCCC(=O)NC(CO)C(O)CCCCCCCCCCCCCCCCCCC. The summed E-state index contributed by atoms with van der Waals surface area (Å²) < 4.78 is 5.49. The summed E-state index contributed by atoms with van der Waals surface area (Å²) in [5, 5.41) is 23.3. The molecule has 0 fully saturated rings. The maximum absolute atomic E-state index is 12.5. The summed E-state index contributed by atoms with van der Waals surface area (Å²) in [6.07, 6.45) is 67.7. The molecule has 0 bridgehead atoms. The van der Waals surface area contributed by atoms with E-state index in [1.54, 1.807) is 0 Å². The van der Waals surface area contributed by atoms with Crippen molar-refractivity contribution in [2.45, 2.75) is 353 Å². The Morgan fingerprint density at radius 1 is 0.403 bits per heavy atom. The molecular formula is C61H119NO5. The number of nitrogens with one attached hydrogen (secondary N) is 1. The van der Waals surface area contributed by atoms with Gasteiger partial charge in [-0.25, -0.2) is 0 Å². The summed E-state index contributed by atoms with van der Waals surface area (Å²) in [6, 6.07) is -0.549. The molecule has 0 aliphatic heterocycles. The van der Waals surface area contributed by atoms with Gasteiger partial charge in [0, 0.05) is 12.8 Å². The summed E-state index contributed by atoms with van der Waals surface area (Å²) >= 11 is 0. The van der Waals surface area contributed by atoms with E-state index >= 15 is 0 Å². The topological polar surface area (TPSA) is 95.9 Å². The predicted molar refractivity (Wildman–Crippen MR) is 292 cm³/mol. The third kappa shape index (κ3) is 53.8. The molecule has 2 atom stereocenters. The van der Waals surface area contributed by atoms with Crippen molar-refractivity contribution in [3.05, 3.63) is 12.2 Å². The first kappa shape index (κ1) is 65.6. The molecule has 0 spiro atoms. The number of esters is 1. The van der Waals surface area contributed by atoms with Gasteiger partial charge in [0.05, 0.1) is 25.4 Å². The van der Waals surface area contributed by atoms with E-state index in [4.69, 9.17) is 4.74 Å². The number of unbranched alkanes of at least 4 members (excludes halogenated alkanes) is 44. The van der Waals surface area contributed by atoms with Crippen molar-refractivity contribution in [3.8, 4) is 0 Å². The highest BCUT2D eigenvalue weighted by Gasteiger charge is 2.20. The van der Waals surface area contributed by atoms with Crippen molar-refractivity contribution in [1.82, 2.24) is 5.32 Å². The normalized spacial score (nSPS) is 12.6. The van der Waals surface area contributed by atoms with Crippen LogP contribution in [0.15, 0.2) is 12.2 Å². The Kier molecular flexibility index (Phi) is 56.0. The molecule has 0 heterocycles. The van der Waals surface area contributed by atoms with Crippen LogP contribution in [-0.4, -0.2) is 47.4 Å². The van der Waals surface area contributed by atoms with Crippen molar-refractivity contribution >= 4 is 11.9 Å². The first-order valence-corrected chi connectivity index (χ1v) is 30.4. The van der Waals surface area contributed by atoms with Crippen LogP contribution in [-0.2, 0) is 14.3 Å². The Morgan fingerprint density at radius 3 is 1.06 bits per heavy atom. The van der Waals surface area contributed by atoms with Gasteiger partial charge in [0.15, 0.2) is 0 Å². The molecule has 6 heteroatoms. The fourth-order valence-corrected chi connectivity index (χ4v) is 9.64. The minimum absolute atomic E-state index is 0.00156. The lowest BCUT2D eigenvalue weighted by atomic mass is 10.0. The van der Waals surface area contributed by atoms with Crippen LogP contribution in [0.2, 0.25) is 0 Å². The number of amides is 1. The first-order chi connectivity index (χ1) is 33.0. The largest absolute Gasteiger partial charge is 0.466 e. The smallest absolute Gasteiger partial charge is 0.305 e. The zero-order valence-electron chi connectivity index (χ0n) is 45.4. The second-order valence-corrected chi connectivity index (χ2v) is 21.0. The van der Waals surface area contributed by atoms with E-state index in [-0.39, 0.29) is 18.5 Å². The maximum atomic E-state index is 12.5. The van der Waals surface area contributed by atoms with Crippen LogP contribution >= 0.6 is 0 Å². The van der Waals surface area contributed by atoms with E-state index in [0.29, 0.717) is 25.9 Å². The molecule has 0 rings (SSSR count). The van der Waals surface area contributed by atoms with E-state index in [1.165, 1.54) is 257 Å². The van der Waals surface area contributed by atoms with Gasteiger partial charge in [-0.2, -0.15) is 0 Å². The molecule has 1 amide bonds. The molecule has 0 aromatic heterocycles. The Balaban J connectivity index is 3.41. The van der Waals surface area contributed by atoms with Gasteiger partial charge in [-0.3, -0.25) is 9.59 Å². The molecule has 0 aliphatic rings. The molecule has 67 heavy (non-hydrogen) atoms. The number of rotatable bonds is 57. The van der Waals surface area contributed by atoms with Gasteiger partial charge in [0.1, 0.15) is 0 Å². The zero-order valence-corrected chi connectivity index (χ0v) is 45.4. The molecule has 398 valence electrons. The standard InChI is InChI=1S/C61H119NO5/c1-3-5-7-9-11-13-15-17-19-21-22-24-26-31-35-39-43-47-51-55-61(66)67-56-52-48-44-40-36-32-28-27-30-34-38-42-46-50-54-60(65)62-58(57-63)59(64)53-49-45-41-37-33-29-25-23-20-18-16-14-12-10-8-6-4-2/h17,19,58-59,63-64H,3-16,18,20-57H2,1-2H3,(H,62,65)/b19-17-. The van der Waals surface area contributed by atoms with Gasteiger partial charge in [0.2, 0.25) is 5.91 Å². The number of carbonyl (C=O) groups excluding carboxylic acids is 2. The molecule has 6 nitrogen and oxygen atoms in total. The molecule has 0 radical (unpaired) electrons. The Hall–Kier alpha value is -1.40. The average molecular weight is 947 g/mol. The van der Waals surface area contributed by atoms with E-state index in [2.05, 4.69) is 31.3 Å². The third-order valence-corrected chi connectivity index (χ3v) is 14.3. The number of hydrogen-bond donors (Lipinski definition) is 3. The highest BCUT2D eigenvalue weighted by Crippen LogP contribution is 2.18. The monoisotopic (exact) mass is 946 g/mol. The second-order valence-electron chi connectivity index (χ2n) is 21.0. The minimum Gasteiger partial charge on any atom is -0.466 e. The summed E-state index contributed by atoms with van der Waals surface area (Å²) in [5.41, 5.74) is 0. The summed E-state index contributed by atoms with van der Waals surface area (Å²) in [5.74, 6) is -0.0440. The Morgan fingerprint density at radius 2 is 0.701 bits per heavy atom. The number of carbonyl (C=O) groups is 2. The van der Waals surface area contributed by atoms with E-state index in [1.807, 2.05) is 0 Å². The fourth-order valence-electron chi connectivity index (χ4n) is 9.64. The van der Waals surface area contributed by atoms with Gasteiger partial charge in [0.25, 0.3) is 0 Å². The maximum Gasteiger partial charge on any atom is 0.305 e. The van der Waals surface area contributed by atoms with Crippen molar-refractivity contribution in [2.24, 2.45) is 0 Å². The van der Waals surface area contributed by atoms with Crippen molar-refractivity contribution in [1.29, 1.82) is 0 Å². The van der Waals surface area contributed by atoms with Gasteiger partial charge in [-0.15, -0.1) is 0 Å². The lowest BCUT2D eigenvalue weighted by molar-refractivity contribution is -0.143. The van der Waals surface area contributed by atoms with Crippen LogP contribution in [0.25, 0.3) is 0 Å². The second kappa shape index (κ2) is 57.2. The van der Waals surface area contributed by atoms with E-state index in [9.17, 15) is 19.8 Å². The molecule has 0 aromatic carbocycles. The van der Waals surface area contributed by atoms with Gasteiger partial charge >= 0.3 is 5.97 Å². The predicted octanol–water partition coefficient (Wildman–Crippen LogP) is 18.9. The lowest BCUT2D eigenvalue weighted by Gasteiger charge is -2.22. The van der Waals surface area contributed by atoms with Crippen molar-refractivity contribution in [3.63, 3.8) is 0 Å². The van der Waals surface area contributed by atoms with Crippen LogP contribution in [0.4, 0.5) is 0 Å². The third-order valence-electron chi connectivity index (χ3n) is 14.3. The lowest BCUT2D eigenvalue weighted by Crippen LogP contribution is -2.45. The summed E-state index contributed by atoms with van der Waals surface area (Å²) in [7, 11) is 0. The van der Waals surface area contributed by atoms with Crippen LogP contribution in [0.1, 0.15) is 341 Å². The zero-order chi connectivity index (χ0) is 48.6. The van der Waals surface area contributed by atoms with Gasteiger partial charge < -0.3 is 20.3 Å². The Bertz CT molecular complexity index is 1000. The van der Waals surface area contributed by atoms with E-state index < -0.39 is 12.1 Å². The van der Waals surface area contributed by atoms with Gasteiger partial charge in [-0.05, 0) is 51.4 Å². The van der Waals surface area contributed by atoms with Gasteiger partial charge in [-0.1, -0.05) is 289 Å². The number of aliphatic hydroxyl groups excluding tert-OH is 2. The van der Waals surface area contributed by atoms with Crippen LogP contribution in [0, 0.1) is 0 Å². The number of ether oxygens (including phenoxy) is 1. The number of aliphatic hydroxyl groups is 2. The molecular weight excluding hydrogens is 827 g/mol. The van der Waals surface area contributed by atoms with Crippen molar-refractivity contribution in [2.75, 3.05) is 13.2 Å². The summed E-state index contributed by atoms with van der Waals surface area (Å²) in [4.78, 5) is 24.6. The van der Waals surface area contributed by atoms with Crippen LogP contribution < -0.4 is 5.32 Å². The quantitative estimate of drug-likeness (QED) is 0.0321. The minimum atomic E-state index is -0.671. The molecule has 0 saturated carbocycles.